The van der Waals surface area contributed by atoms with Crippen LogP contribution >= 0.6 is 0 Å². The lowest BCUT2D eigenvalue weighted by Gasteiger charge is -2.37. The average molecular weight is 391 g/mol. The third-order valence-electron chi connectivity index (χ3n) is 5.15. The second kappa shape index (κ2) is 7.49. The molecule has 2 fully saturated rings. The Hall–Kier alpha value is -2.10. The summed E-state index contributed by atoms with van der Waals surface area (Å²) in [5, 5.41) is 0. The summed E-state index contributed by atoms with van der Waals surface area (Å²) in [6.07, 6.45) is 3.46. The third-order valence-corrected chi connectivity index (χ3v) is 7.02. The van der Waals surface area contributed by atoms with Crippen LogP contribution < -0.4 is 4.90 Å². The van der Waals surface area contributed by atoms with Gasteiger partial charge in [0.2, 0.25) is 16.0 Å². The molecule has 27 heavy (non-hydrogen) atoms. The summed E-state index contributed by atoms with van der Waals surface area (Å²) < 4.78 is 39.7. The van der Waals surface area contributed by atoms with E-state index in [0.717, 1.165) is 31.7 Å². The monoisotopic (exact) mass is 391 g/mol. The number of hydrogen-bond donors (Lipinski definition) is 0. The van der Waals surface area contributed by atoms with Crippen LogP contribution in [-0.2, 0) is 16.6 Å². The van der Waals surface area contributed by atoms with Crippen molar-refractivity contribution in [2.24, 2.45) is 0 Å². The predicted molar refractivity (Wildman–Crippen MR) is 100 cm³/mol. The molecule has 2 aliphatic rings. The molecule has 0 amide bonds. The number of anilines is 1. The first-order valence-electron chi connectivity index (χ1n) is 8.99. The summed E-state index contributed by atoms with van der Waals surface area (Å²) in [5.41, 5.74) is 0.798. The maximum absolute atomic E-state index is 13.1. The molecule has 1 aromatic carbocycles. The van der Waals surface area contributed by atoms with Gasteiger partial charge in [0, 0.05) is 57.7 Å². The van der Waals surface area contributed by atoms with E-state index < -0.39 is 10.0 Å². The largest absolute Gasteiger partial charge is 0.338 e. The fraction of sp³-hybridized carbons (Fsp3) is 0.444. The Balaban J connectivity index is 1.37. The Morgan fingerprint density at radius 3 is 2.37 bits per heavy atom. The summed E-state index contributed by atoms with van der Waals surface area (Å²) in [6, 6.07) is 7.77. The van der Waals surface area contributed by atoms with Crippen LogP contribution in [0.2, 0.25) is 0 Å². The maximum Gasteiger partial charge on any atom is 0.225 e. The fourth-order valence-corrected chi connectivity index (χ4v) is 5.43. The topological polar surface area (TPSA) is 69.6 Å². The number of aromatic nitrogens is 2. The van der Waals surface area contributed by atoms with Gasteiger partial charge in [-0.2, -0.15) is 4.31 Å². The van der Waals surface area contributed by atoms with E-state index in [9.17, 15) is 12.8 Å². The lowest BCUT2D eigenvalue weighted by atomic mass is 10.2. The van der Waals surface area contributed by atoms with E-state index in [1.165, 1.54) is 16.4 Å². The lowest BCUT2D eigenvalue weighted by molar-refractivity contribution is 0.188. The van der Waals surface area contributed by atoms with E-state index in [2.05, 4.69) is 19.8 Å². The van der Waals surface area contributed by atoms with Gasteiger partial charge in [0.15, 0.2) is 0 Å². The van der Waals surface area contributed by atoms with Crippen molar-refractivity contribution in [2.75, 3.05) is 43.4 Å². The predicted octanol–water partition coefficient (Wildman–Crippen LogP) is 0.952. The smallest absolute Gasteiger partial charge is 0.225 e. The van der Waals surface area contributed by atoms with Gasteiger partial charge >= 0.3 is 0 Å². The highest BCUT2D eigenvalue weighted by atomic mass is 32.2. The minimum atomic E-state index is -3.30. The molecular formula is C18H22FN5O2S. The average Bonchev–Trinajstić information content (AvgIpc) is 2.99. The van der Waals surface area contributed by atoms with Crippen LogP contribution in [0.15, 0.2) is 42.7 Å². The zero-order chi connectivity index (χ0) is 18.9. The summed E-state index contributed by atoms with van der Waals surface area (Å²) >= 11 is 0. The van der Waals surface area contributed by atoms with Crippen LogP contribution in [0.3, 0.4) is 0 Å². The molecule has 9 heteroatoms. The second-order valence-electron chi connectivity index (χ2n) is 6.92. The normalized spacial score (nSPS) is 23.6. The van der Waals surface area contributed by atoms with Crippen molar-refractivity contribution in [1.29, 1.82) is 0 Å². The van der Waals surface area contributed by atoms with Gasteiger partial charge in [0.1, 0.15) is 5.82 Å². The van der Waals surface area contributed by atoms with Crippen LogP contribution in [0.5, 0.6) is 0 Å². The van der Waals surface area contributed by atoms with Gasteiger partial charge in [-0.1, -0.05) is 12.1 Å². The van der Waals surface area contributed by atoms with Gasteiger partial charge in [-0.25, -0.2) is 22.8 Å². The molecule has 3 heterocycles. The zero-order valence-corrected chi connectivity index (χ0v) is 15.7. The number of rotatable bonds is 4. The molecule has 0 N–H and O–H groups in total. The van der Waals surface area contributed by atoms with Crippen molar-refractivity contribution in [1.82, 2.24) is 19.2 Å². The third kappa shape index (κ3) is 4.10. The summed E-state index contributed by atoms with van der Waals surface area (Å²) in [6.45, 7) is 3.88. The first kappa shape index (κ1) is 18.3. The minimum Gasteiger partial charge on any atom is -0.338 e. The molecular weight excluding hydrogens is 369 g/mol. The van der Waals surface area contributed by atoms with Crippen molar-refractivity contribution in [3.8, 4) is 0 Å². The highest BCUT2D eigenvalue weighted by Gasteiger charge is 2.39. The van der Waals surface area contributed by atoms with E-state index in [-0.39, 0.29) is 24.2 Å². The quantitative estimate of drug-likeness (QED) is 0.773. The second-order valence-corrected chi connectivity index (χ2v) is 8.94. The maximum atomic E-state index is 13.1. The Kier molecular flexibility index (Phi) is 5.07. The van der Waals surface area contributed by atoms with E-state index in [4.69, 9.17) is 0 Å². The van der Waals surface area contributed by atoms with Crippen LogP contribution in [0.25, 0.3) is 0 Å². The van der Waals surface area contributed by atoms with Crippen molar-refractivity contribution >= 4 is 16.0 Å². The SMILES string of the molecule is O=S1(=O)CC(N2CCN(c3ncccn3)CC2)CN1Cc1ccc(F)cc1. The molecule has 1 unspecified atom stereocenters. The molecule has 2 aliphatic heterocycles. The molecule has 7 nitrogen and oxygen atoms in total. The highest BCUT2D eigenvalue weighted by Crippen LogP contribution is 2.23. The van der Waals surface area contributed by atoms with Gasteiger partial charge in [0.25, 0.3) is 0 Å². The van der Waals surface area contributed by atoms with Crippen molar-refractivity contribution < 1.29 is 12.8 Å². The molecule has 0 spiro atoms. The molecule has 0 radical (unpaired) electrons. The van der Waals surface area contributed by atoms with Gasteiger partial charge in [-0.3, -0.25) is 4.90 Å². The molecule has 0 bridgehead atoms. The fourth-order valence-electron chi connectivity index (χ4n) is 3.67. The summed E-state index contributed by atoms with van der Waals surface area (Å²) in [7, 11) is -3.30. The van der Waals surface area contributed by atoms with Crippen LogP contribution in [0.1, 0.15) is 5.56 Å². The van der Waals surface area contributed by atoms with E-state index in [1.807, 2.05) is 0 Å². The number of hydrogen-bond acceptors (Lipinski definition) is 6. The zero-order valence-electron chi connectivity index (χ0n) is 14.9. The first-order valence-corrected chi connectivity index (χ1v) is 10.6. The molecule has 0 saturated carbocycles. The van der Waals surface area contributed by atoms with Gasteiger partial charge in [0.05, 0.1) is 5.75 Å². The molecule has 4 rings (SSSR count). The van der Waals surface area contributed by atoms with E-state index in [1.54, 1.807) is 30.6 Å². The summed E-state index contributed by atoms with van der Waals surface area (Å²) in [5.74, 6) is 0.533. The van der Waals surface area contributed by atoms with E-state index in [0.29, 0.717) is 12.5 Å². The number of halogens is 1. The molecule has 1 aromatic heterocycles. The Bertz CT molecular complexity index is 870. The Morgan fingerprint density at radius 1 is 1.04 bits per heavy atom. The van der Waals surface area contributed by atoms with Crippen LogP contribution in [-0.4, -0.2) is 72.1 Å². The summed E-state index contributed by atoms with van der Waals surface area (Å²) in [4.78, 5) is 12.9. The number of sulfonamides is 1. The number of benzene rings is 1. The Morgan fingerprint density at radius 2 is 1.70 bits per heavy atom. The van der Waals surface area contributed by atoms with E-state index >= 15 is 0 Å². The number of nitrogens with zero attached hydrogens (tertiary/aromatic N) is 5. The van der Waals surface area contributed by atoms with Crippen molar-refractivity contribution in [3.05, 3.63) is 54.1 Å². The van der Waals surface area contributed by atoms with Crippen LogP contribution in [0.4, 0.5) is 10.3 Å². The standard InChI is InChI=1S/C18H22FN5O2S/c19-16-4-2-15(3-5-16)12-24-13-17(14-27(24,25)26)22-8-10-23(11-9-22)18-20-6-1-7-21-18/h1-7,17H,8-14H2. The molecule has 144 valence electrons. The lowest BCUT2D eigenvalue weighted by Crippen LogP contribution is -2.52. The minimum absolute atomic E-state index is 0.0192. The van der Waals surface area contributed by atoms with Gasteiger partial charge in [-0.05, 0) is 23.8 Å². The van der Waals surface area contributed by atoms with Gasteiger partial charge < -0.3 is 4.90 Å². The molecule has 2 aromatic rings. The Labute approximate surface area is 158 Å². The van der Waals surface area contributed by atoms with Crippen LogP contribution in [0, 0.1) is 5.82 Å². The highest BCUT2D eigenvalue weighted by molar-refractivity contribution is 7.89. The van der Waals surface area contributed by atoms with Gasteiger partial charge in [-0.15, -0.1) is 0 Å². The van der Waals surface area contributed by atoms with Crippen molar-refractivity contribution in [2.45, 2.75) is 12.6 Å². The molecule has 1 atom stereocenters. The molecule has 0 aliphatic carbocycles. The first-order chi connectivity index (χ1) is 13.0. The van der Waals surface area contributed by atoms with Crippen molar-refractivity contribution in [3.63, 3.8) is 0 Å². The number of piperazine rings is 1. The molecule has 2 saturated heterocycles.